The molecule has 0 aliphatic carbocycles. The molecule has 0 aliphatic rings. The smallest absolute Gasteiger partial charge is 0.191 e. The van der Waals surface area contributed by atoms with Crippen molar-refractivity contribution in [1.82, 2.24) is 0 Å². The van der Waals surface area contributed by atoms with Crippen molar-refractivity contribution in [3.63, 3.8) is 0 Å². The summed E-state index contributed by atoms with van der Waals surface area (Å²) in [6.45, 7) is 10.6. The van der Waals surface area contributed by atoms with Gasteiger partial charge >= 0.3 is 0 Å². The van der Waals surface area contributed by atoms with E-state index in [2.05, 4.69) is 39.5 Å². The first-order chi connectivity index (χ1) is 18.5. The van der Waals surface area contributed by atoms with Crippen LogP contribution in [0.1, 0.15) is 121 Å². The van der Waals surface area contributed by atoms with Crippen molar-refractivity contribution in [2.45, 2.75) is 105 Å². The fourth-order valence-electron chi connectivity index (χ4n) is 4.35. The zero-order chi connectivity index (χ0) is 27.4. The number of rotatable bonds is 18. The largest absolute Gasteiger partial charge is 0.494 e. The molecule has 0 N–H and O–H groups in total. The highest BCUT2D eigenvalue weighted by Crippen LogP contribution is 2.17. The summed E-state index contributed by atoms with van der Waals surface area (Å²) in [5, 5.41) is 0.577. The Bertz CT molecular complexity index is 950. The van der Waals surface area contributed by atoms with Crippen LogP contribution in [0, 0.1) is 23.7 Å². The fourth-order valence-corrected chi connectivity index (χ4v) is 4.57. The molecule has 0 aliphatic heterocycles. The SMILES string of the molecule is CCCCCCCCCCOC(=S)c1ccc(C#Cc2ccc(OCCC(C)CCCC(C)C)cc2)cc1. The molecule has 0 aromatic heterocycles. The van der Waals surface area contributed by atoms with E-state index in [0.717, 1.165) is 47.8 Å². The molecule has 0 radical (unpaired) electrons. The lowest BCUT2D eigenvalue weighted by atomic mass is 9.98. The van der Waals surface area contributed by atoms with Crippen LogP contribution in [0.5, 0.6) is 5.75 Å². The topological polar surface area (TPSA) is 18.5 Å². The Morgan fingerprint density at radius 3 is 1.87 bits per heavy atom. The number of ether oxygens (including phenoxy) is 2. The normalized spacial score (nSPS) is 11.6. The standard InChI is InChI=1S/C35H50O2S/c1-5-6-7-8-9-10-11-12-27-37-35(38)33-22-18-31(19-23-33)16-17-32-20-24-34(25-21-32)36-28-26-30(4)15-13-14-29(2)3/h18-25,29-30H,5-15,26-28H2,1-4H3. The number of thiocarbonyl (C=S) groups is 1. The number of hydrogen-bond acceptors (Lipinski definition) is 3. The molecule has 2 rings (SSSR count). The van der Waals surface area contributed by atoms with Crippen LogP contribution in [0.4, 0.5) is 0 Å². The third kappa shape index (κ3) is 14.6. The van der Waals surface area contributed by atoms with E-state index in [4.69, 9.17) is 21.7 Å². The first kappa shape index (κ1) is 31.9. The average Bonchev–Trinajstić information content (AvgIpc) is 2.91. The Hall–Kier alpha value is -2.31. The minimum Gasteiger partial charge on any atom is -0.494 e. The number of hydrogen-bond donors (Lipinski definition) is 0. The molecule has 0 saturated heterocycles. The maximum absolute atomic E-state index is 5.95. The van der Waals surface area contributed by atoms with Crippen LogP contribution >= 0.6 is 12.2 Å². The van der Waals surface area contributed by atoms with Crippen LogP contribution in [0.3, 0.4) is 0 Å². The third-order valence-corrected chi connectivity index (χ3v) is 7.27. The number of unbranched alkanes of at least 4 members (excludes halogenated alkanes) is 7. The van der Waals surface area contributed by atoms with Gasteiger partial charge in [-0.1, -0.05) is 104 Å². The van der Waals surface area contributed by atoms with Gasteiger partial charge in [-0.3, -0.25) is 0 Å². The molecular formula is C35H50O2S. The first-order valence-electron chi connectivity index (χ1n) is 15.0. The van der Waals surface area contributed by atoms with Gasteiger partial charge in [0.25, 0.3) is 0 Å². The van der Waals surface area contributed by atoms with Crippen LogP contribution in [-0.4, -0.2) is 18.3 Å². The molecule has 0 amide bonds. The zero-order valence-corrected chi connectivity index (χ0v) is 25.2. The van der Waals surface area contributed by atoms with Gasteiger partial charge in [0.1, 0.15) is 5.75 Å². The van der Waals surface area contributed by atoms with Crippen molar-refractivity contribution < 1.29 is 9.47 Å². The van der Waals surface area contributed by atoms with Crippen molar-refractivity contribution in [3.05, 3.63) is 65.2 Å². The van der Waals surface area contributed by atoms with Crippen molar-refractivity contribution in [1.29, 1.82) is 0 Å². The Labute approximate surface area is 238 Å². The molecule has 1 unspecified atom stereocenters. The highest BCUT2D eigenvalue weighted by Gasteiger charge is 2.05. The molecule has 0 fully saturated rings. The second kappa shape index (κ2) is 19.7. The second-order valence-electron chi connectivity index (χ2n) is 11.0. The Morgan fingerprint density at radius 1 is 0.684 bits per heavy atom. The maximum Gasteiger partial charge on any atom is 0.191 e. The molecule has 208 valence electrons. The van der Waals surface area contributed by atoms with Crippen molar-refractivity contribution >= 4 is 17.3 Å². The minimum atomic E-state index is 0.577. The molecule has 1 atom stereocenters. The average molecular weight is 535 g/mol. The Kier molecular flexibility index (Phi) is 16.6. The van der Waals surface area contributed by atoms with Crippen LogP contribution in [0.25, 0.3) is 0 Å². The van der Waals surface area contributed by atoms with Crippen LogP contribution in [0.15, 0.2) is 48.5 Å². The van der Waals surface area contributed by atoms with Gasteiger partial charge in [-0.2, -0.15) is 0 Å². The predicted octanol–water partition coefficient (Wildman–Crippen LogP) is 10.2. The lowest BCUT2D eigenvalue weighted by Crippen LogP contribution is -2.05. The van der Waals surface area contributed by atoms with E-state index < -0.39 is 0 Å². The molecule has 0 spiro atoms. The summed E-state index contributed by atoms with van der Waals surface area (Å²) in [6, 6.07) is 16.1. The molecule has 0 bridgehead atoms. The zero-order valence-electron chi connectivity index (χ0n) is 24.4. The maximum atomic E-state index is 5.95. The van der Waals surface area contributed by atoms with E-state index in [1.807, 2.05) is 48.5 Å². The van der Waals surface area contributed by atoms with E-state index in [1.165, 1.54) is 64.2 Å². The minimum absolute atomic E-state index is 0.577. The van der Waals surface area contributed by atoms with Crippen LogP contribution in [-0.2, 0) is 4.74 Å². The monoisotopic (exact) mass is 534 g/mol. The third-order valence-electron chi connectivity index (χ3n) is 6.91. The van der Waals surface area contributed by atoms with Gasteiger partial charge in [0, 0.05) is 16.7 Å². The van der Waals surface area contributed by atoms with Crippen LogP contribution in [0.2, 0.25) is 0 Å². The Morgan fingerprint density at radius 2 is 1.26 bits per heavy atom. The van der Waals surface area contributed by atoms with Gasteiger partial charge < -0.3 is 9.47 Å². The quantitative estimate of drug-likeness (QED) is 0.108. The fraction of sp³-hybridized carbons (Fsp3) is 0.571. The summed E-state index contributed by atoms with van der Waals surface area (Å²) in [5.41, 5.74) is 2.89. The molecule has 2 nitrogen and oxygen atoms in total. The van der Waals surface area contributed by atoms with Gasteiger partial charge in [-0.05, 0) is 85.4 Å². The van der Waals surface area contributed by atoms with E-state index >= 15 is 0 Å². The molecule has 0 heterocycles. The summed E-state index contributed by atoms with van der Waals surface area (Å²) in [7, 11) is 0. The van der Waals surface area contributed by atoms with E-state index in [1.54, 1.807) is 0 Å². The van der Waals surface area contributed by atoms with Gasteiger partial charge in [-0.25, -0.2) is 0 Å². The lowest BCUT2D eigenvalue weighted by Gasteiger charge is -2.13. The molecular weight excluding hydrogens is 484 g/mol. The highest BCUT2D eigenvalue weighted by atomic mass is 32.1. The lowest BCUT2D eigenvalue weighted by molar-refractivity contribution is 0.275. The summed E-state index contributed by atoms with van der Waals surface area (Å²) >= 11 is 5.47. The molecule has 0 saturated carbocycles. The predicted molar refractivity (Wildman–Crippen MR) is 167 cm³/mol. The molecule has 3 heteroatoms. The summed E-state index contributed by atoms with van der Waals surface area (Å²) in [4.78, 5) is 0. The van der Waals surface area contributed by atoms with E-state index in [9.17, 15) is 0 Å². The van der Waals surface area contributed by atoms with Gasteiger partial charge in [0.05, 0.1) is 13.2 Å². The molecule has 2 aromatic rings. The highest BCUT2D eigenvalue weighted by molar-refractivity contribution is 7.80. The van der Waals surface area contributed by atoms with Crippen LogP contribution < -0.4 is 4.74 Å². The Balaban J connectivity index is 1.67. The van der Waals surface area contributed by atoms with E-state index in [-0.39, 0.29) is 0 Å². The number of benzene rings is 2. The van der Waals surface area contributed by atoms with Gasteiger partial charge in [0.2, 0.25) is 0 Å². The van der Waals surface area contributed by atoms with Crippen molar-refractivity contribution in [3.8, 4) is 17.6 Å². The van der Waals surface area contributed by atoms with Gasteiger partial charge in [-0.15, -0.1) is 0 Å². The van der Waals surface area contributed by atoms with Gasteiger partial charge in [0.15, 0.2) is 5.05 Å². The second-order valence-corrected chi connectivity index (χ2v) is 11.4. The van der Waals surface area contributed by atoms with Crippen molar-refractivity contribution in [2.75, 3.05) is 13.2 Å². The van der Waals surface area contributed by atoms with E-state index in [0.29, 0.717) is 17.6 Å². The summed E-state index contributed by atoms with van der Waals surface area (Å²) in [5.74, 6) is 8.90. The van der Waals surface area contributed by atoms with Crippen molar-refractivity contribution in [2.24, 2.45) is 11.8 Å². The molecule has 2 aromatic carbocycles. The first-order valence-corrected chi connectivity index (χ1v) is 15.4. The summed E-state index contributed by atoms with van der Waals surface area (Å²) < 4.78 is 11.8. The molecule has 38 heavy (non-hydrogen) atoms. The summed E-state index contributed by atoms with van der Waals surface area (Å²) in [6.07, 6.45) is 15.3.